The van der Waals surface area contributed by atoms with Crippen LogP contribution in [-0.4, -0.2) is 84.5 Å². The first kappa shape index (κ1) is 35.6. The summed E-state index contributed by atoms with van der Waals surface area (Å²) >= 11 is 0. The maximum Gasteiger partial charge on any atom is 0.255 e. The summed E-state index contributed by atoms with van der Waals surface area (Å²) in [6.07, 6.45) is 3.89. The molecular weight excluding hydrogens is 675 g/mol. The summed E-state index contributed by atoms with van der Waals surface area (Å²) in [4.78, 5) is 46.4. The summed E-state index contributed by atoms with van der Waals surface area (Å²) in [5.74, 6) is 0.185. The zero-order chi connectivity index (χ0) is 37.2. The minimum absolute atomic E-state index is 0.125. The average Bonchev–Trinajstić information content (AvgIpc) is 3.53. The second-order valence-electron chi connectivity index (χ2n) is 15.1. The normalized spacial score (nSPS) is 20.2. The van der Waals surface area contributed by atoms with Crippen LogP contribution in [-0.2, 0) is 16.1 Å². The molecule has 9 nitrogen and oxygen atoms in total. The number of rotatable bonds is 9. The molecule has 3 amide bonds. The first-order valence-electron chi connectivity index (χ1n) is 19.5. The Hall–Kier alpha value is -5.41. The predicted molar refractivity (Wildman–Crippen MR) is 213 cm³/mol. The molecule has 0 radical (unpaired) electrons. The topological polar surface area (TPSA) is 96.4 Å². The molecule has 1 unspecified atom stereocenters. The number of allylic oxidation sites excluding steroid dienone is 1. The number of hydrogen-bond donors (Lipinski definition) is 2. The number of piperidine rings is 2. The van der Waals surface area contributed by atoms with Gasteiger partial charge in [0.1, 0.15) is 11.8 Å². The highest BCUT2D eigenvalue weighted by Gasteiger charge is 2.39. The van der Waals surface area contributed by atoms with Crippen molar-refractivity contribution in [2.45, 2.75) is 51.6 Å². The minimum atomic E-state index is -0.589. The monoisotopic (exact) mass is 723 g/mol. The molecule has 278 valence electrons. The number of phenolic OH excluding ortho intramolecular Hbond substituents is 1. The number of amides is 3. The van der Waals surface area contributed by atoms with Gasteiger partial charge in [0.2, 0.25) is 11.8 Å². The Labute approximate surface area is 317 Å². The zero-order valence-corrected chi connectivity index (χ0v) is 31.0. The number of nitrogens with zero attached hydrogens (tertiary/aromatic N) is 4. The fraction of sp³-hybridized carbons (Fsp3) is 0.356. The van der Waals surface area contributed by atoms with Crippen molar-refractivity contribution in [3.8, 4) is 5.75 Å². The van der Waals surface area contributed by atoms with Crippen molar-refractivity contribution in [1.82, 2.24) is 15.1 Å². The molecule has 4 aliphatic rings. The Bertz CT molecular complexity index is 2030. The number of carbonyl (C=O) groups excluding carboxylic acids is 3. The Kier molecular flexibility index (Phi) is 10.2. The molecule has 9 heteroatoms. The lowest BCUT2D eigenvalue weighted by Gasteiger charge is -2.40. The molecule has 0 saturated carbocycles. The molecule has 4 aliphatic heterocycles. The van der Waals surface area contributed by atoms with E-state index in [2.05, 4.69) is 87.6 Å². The van der Waals surface area contributed by atoms with Gasteiger partial charge >= 0.3 is 0 Å². The van der Waals surface area contributed by atoms with Crippen molar-refractivity contribution < 1.29 is 19.5 Å². The SMILES string of the molecule is CC/C(=C(\c1ccc(O)cc1)c1ccc(N2CCC(CN3CCN(c4ccc5c(c4)CN(C4CCC(=O)NC4=O)C5=O)CC3)CC2)cc1)c1ccccc1. The molecule has 54 heavy (non-hydrogen) atoms. The van der Waals surface area contributed by atoms with E-state index in [1.807, 2.05) is 24.3 Å². The molecule has 3 saturated heterocycles. The zero-order valence-electron chi connectivity index (χ0n) is 31.0. The van der Waals surface area contributed by atoms with Crippen molar-refractivity contribution in [2.24, 2.45) is 5.92 Å². The number of benzene rings is 4. The molecule has 0 aromatic heterocycles. The van der Waals surface area contributed by atoms with Crippen molar-refractivity contribution in [3.05, 3.63) is 125 Å². The van der Waals surface area contributed by atoms with Gasteiger partial charge in [0.15, 0.2) is 0 Å². The first-order valence-corrected chi connectivity index (χ1v) is 19.5. The predicted octanol–water partition coefficient (Wildman–Crippen LogP) is 6.56. The fourth-order valence-electron chi connectivity index (χ4n) is 8.83. The maximum absolute atomic E-state index is 13.1. The number of hydrogen-bond acceptors (Lipinski definition) is 7. The summed E-state index contributed by atoms with van der Waals surface area (Å²) in [6.45, 7) is 9.76. The van der Waals surface area contributed by atoms with E-state index in [4.69, 9.17) is 0 Å². The highest BCUT2D eigenvalue weighted by Crippen LogP contribution is 2.36. The van der Waals surface area contributed by atoms with Crippen LogP contribution in [0.4, 0.5) is 11.4 Å². The second kappa shape index (κ2) is 15.5. The molecule has 4 heterocycles. The summed E-state index contributed by atoms with van der Waals surface area (Å²) in [5.41, 5.74) is 10.0. The van der Waals surface area contributed by atoms with Crippen molar-refractivity contribution in [3.63, 3.8) is 0 Å². The van der Waals surface area contributed by atoms with Gasteiger partial charge in [-0.1, -0.05) is 61.5 Å². The number of piperazine rings is 1. The van der Waals surface area contributed by atoms with Gasteiger partial charge < -0.3 is 19.8 Å². The fourth-order valence-corrected chi connectivity index (χ4v) is 8.83. The number of aromatic hydroxyl groups is 1. The lowest BCUT2D eigenvalue weighted by molar-refractivity contribution is -0.136. The van der Waals surface area contributed by atoms with Crippen LogP contribution in [0.5, 0.6) is 5.75 Å². The quantitative estimate of drug-likeness (QED) is 0.149. The number of fused-ring (bicyclic) bond motifs is 1. The number of phenols is 1. The van der Waals surface area contributed by atoms with Gasteiger partial charge in [-0.25, -0.2) is 0 Å². The highest BCUT2D eigenvalue weighted by molar-refractivity contribution is 6.05. The average molecular weight is 724 g/mol. The molecule has 0 aliphatic carbocycles. The maximum atomic E-state index is 13.1. The van der Waals surface area contributed by atoms with Crippen LogP contribution in [0, 0.1) is 5.92 Å². The lowest BCUT2D eigenvalue weighted by atomic mass is 9.88. The molecule has 4 aromatic carbocycles. The van der Waals surface area contributed by atoms with Crippen LogP contribution >= 0.6 is 0 Å². The van der Waals surface area contributed by atoms with Gasteiger partial charge in [-0.15, -0.1) is 0 Å². The van der Waals surface area contributed by atoms with Crippen LogP contribution in [0.1, 0.15) is 71.6 Å². The summed E-state index contributed by atoms with van der Waals surface area (Å²) in [6, 6.07) is 32.7. The number of carbonyl (C=O) groups is 3. The van der Waals surface area contributed by atoms with Crippen LogP contribution in [0.15, 0.2) is 97.1 Å². The van der Waals surface area contributed by atoms with E-state index >= 15 is 0 Å². The molecule has 2 N–H and O–H groups in total. The van der Waals surface area contributed by atoms with Gasteiger partial charge in [0.25, 0.3) is 5.91 Å². The molecular formula is C45H49N5O4. The highest BCUT2D eigenvalue weighted by atomic mass is 16.3. The van der Waals surface area contributed by atoms with Crippen molar-refractivity contribution in [2.75, 3.05) is 55.6 Å². The summed E-state index contributed by atoms with van der Waals surface area (Å²) < 4.78 is 0. The third kappa shape index (κ3) is 7.37. The Morgan fingerprint density at radius 2 is 1.37 bits per heavy atom. The van der Waals surface area contributed by atoms with E-state index < -0.39 is 6.04 Å². The van der Waals surface area contributed by atoms with Gasteiger partial charge in [0, 0.05) is 75.7 Å². The van der Waals surface area contributed by atoms with Crippen molar-refractivity contribution in [1.29, 1.82) is 0 Å². The van der Waals surface area contributed by atoms with E-state index in [0.717, 1.165) is 69.0 Å². The van der Waals surface area contributed by atoms with Crippen LogP contribution < -0.4 is 15.1 Å². The van der Waals surface area contributed by atoms with Gasteiger partial charge in [0.05, 0.1) is 0 Å². The number of anilines is 2. The van der Waals surface area contributed by atoms with Gasteiger partial charge in [-0.05, 0) is 107 Å². The Morgan fingerprint density at radius 3 is 2.04 bits per heavy atom. The molecule has 3 fully saturated rings. The standard InChI is InChI=1S/C45H49N5O4/c1-2-39(32-6-4-3-5-7-32)43(34-10-15-38(51)16-11-34)33-8-12-36(13-9-33)48-22-20-31(21-23-48)29-47-24-26-49(27-25-47)37-14-17-40-35(28-37)30-50(45(40)54)41-18-19-42(52)46-44(41)53/h3-17,28,31,41,51H,2,18-27,29-30H2,1H3,(H,46,52,53)/b43-39+. The minimum Gasteiger partial charge on any atom is -0.508 e. The van der Waals surface area contributed by atoms with E-state index in [1.165, 1.54) is 40.8 Å². The third-order valence-electron chi connectivity index (χ3n) is 11.8. The van der Waals surface area contributed by atoms with Gasteiger partial charge in [-0.3, -0.25) is 24.6 Å². The lowest BCUT2D eigenvalue weighted by Crippen LogP contribution is -2.52. The van der Waals surface area contributed by atoms with Crippen LogP contribution in [0.25, 0.3) is 11.1 Å². The van der Waals surface area contributed by atoms with Crippen molar-refractivity contribution >= 4 is 40.2 Å². The Balaban J connectivity index is 0.851. The second-order valence-corrected chi connectivity index (χ2v) is 15.1. The molecule has 4 aromatic rings. The number of imide groups is 1. The van der Waals surface area contributed by atoms with E-state index in [-0.39, 0.29) is 29.9 Å². The van der Waals surface area contributed by atoms with E-state index in [0.29, 0.717) is 24.4 Å². The van der Waals surface area contributed by atoms with Crippen LogP contribution in [0.2, 0.25) is 0 Å². The molecule has 0 spiro atoms. The molecule has 8 rings (SSSR count). The smallest absolute Gasteiger partial charge is 0.255 e. The summed E-state index contributed by atoms with van der Waals surface area (Å²) in [7, 11) is 0. The largest absolute Gasteiger partial charge is 0.508 e. The Morgan fingerprint density at radius 1 is 0.722 bits per heavy atom. The molecule has 0 bridgehead atoms. The first-order chi connectivity index (χ1) is 26.3. The summed E-state index contributed by atoms with van der Waals surface area (Å²) in [5, 5.41) is 12.4. The molecule has 1 atom stereocenters. The van der Waals surface area contributed by atoms with Crippen LogP contribution in [0.3, 0.4) is 0 Å². The third-order valence-corrected chi connectivity index (χ3v) is 11.8. The number of nitrogens with one attached hydrogen (secondary N) is 1. The van der Waals surface area contributed by atoms with E-state index in [1.54, 1.807) is 17.0 Å². The van der Waals surface area contributed by atoms with Gasteiger partial charge in [-0.2, -0.15) is 0 Å². The van der Waals surface area contributed by atoms with E-state index in [9.17, 15) is 19.5 Å².